The minimum atomic E-state index is -3.50. The van der Waals surface area contributed by atoms with Crippen LogP contribution >= 0.6 is 0 Å². The van der Waals surface area contributed by atoms with Crippen molar-refractivity contribution in [2.24, 2.45) is 12.5 Å². The molecule has 4 rings (SSSR count). The smallest absolute Gasteiger partial charge is 0.246 e. The normalized spacial score (nSPS) is 20.0. The van der Waals surface area contributed by atoms with Gasteiger partial charge in [0.2, 0.25) is 21.9 Å². The predicted molar refractivity (Wildman–Crippen MR) is 113 cm³/mol. The molecule has 2 aromatic heterocycles. The molecule has 0 bridgehead atoms. The third-order valence-electron chi connectivity index (χ3n) is 6.15. The molecule has 164 valence electrons. The van der Waals surface area contributed by atoms with E-state index >= 15 is 0 Å². The van der Waals surface area contributed by atoms with E-state index in [1.54, 1.807) is 13.2 Å². The van der Waals surface area contributed by atoms with Gasteiger partial charge in [0.15, 0.2) is 0 Å². The SMILES string of the molecule is Cc1cnc(NC2CCN(S(=O)(=O)c3cnn(C)c3)CC2)nc1OCC1(C)CCC1. The summed E-state index contributed by atoms with van der Waals surface area (Å²) in [6.45, 7) is 5.77. The second-order valence-corrected chi connectivity index (χ2v) is 10.7. The zero-order valence-corrected chi connectivity index (χ0v) is 18.7. The lowest BCUT2D eigenvalue weighted by atomic mass is 9.71. The van der Waals surface area contributed by atoms with Crippen LogP contribution in [0.15, 0.2) is 23.5 Å². The van der Waals surface area contributed by atoms with E-state index in [1.165, 1.54) is 40.6 Å². The number of aromatic nitrogens is 4. The van der Waals surface area contributed by atoms with Crippen molar-refractivity contribution in [3.8, 4) is 5.88 Å². The third-order valence-corrected chi connectivity index (χ3v) is 8.00. The lowest BCUT2D eigenvalue weighted by Gasteiger charge is -2.37. The Kier molecular flexibility index (Phi) is 5.71. The fourth-order valence-electron chi connectivity index (χ4n) is 3.91. The Hall–Kier alpha value is -2.20. The van der Waals surface area contributed by atoms with Crippen molar-refractivity contribution in [2.45, 2.75) is 56.9 Å². The zero-order valence-electron chi connectivity index (χ0n) is 17.8. The van der Waals surface area contributed by atoms with Gasteiger partial charge >= 0.3 is 0 Å². The summed E-state index contributed by atoms with van der Waals surface area (Å²) in [4.78, 5) is 9.18. The topological polar surface area (TPSA) is 102 Å². The highest BCUT2D eigenvalue weighted by molar-refractivity contribution is 7.89. The molecule has 0 spiro atoms. The predicted octanol–water partition coefficient (Wildman–Crippen LogP) is 2.35. The molecule has 2 fully saturated rings. The molecule has 1 aliphatic carbocycles. The second kappa shape index (κ2) is 8.14. The Morgan fingerprint density at radius 1 is 1.27 bits per heavy atom. The maximum Gasteiger partial charge on any atom is 0.246 e. The van der Waals surface area contributed by atoms with Crippen LogP contribution in [-0.2, 0) is 17.1 Å². The Balaban J connectivity index is 1.34. The van der Waals surface area contributed by atoms with Crippen LogP contribution in [0.1, 0.15) is 44.6 Å². The summed E-state index contributed by atoms with van der Waals surface area (Å²) in [7, 11) is -1.79. The van der Waals surface area contributed by atoms with Crippen LogP contribution in [0.2, 0.25) is 0 Å². The molecule has 9 nitrogen and oxygen atoms in total. The van der Waals surface area contributed by atoms with Crippen LogP contribution in [0.5, 0.6) is 5.88 Å². The molecule has 1 N–H and O–H groups in total. The molecule has 0 unspecified atom stereocenters. The van der Waals surface area contributed by atoms with E-state index in [2.05, 4.69) is 27.3 Å². The van der Waals surface area contributed by atoms with Crippen LogP contribution in [0.25, 0.3) is 0 Å². The Morgan fingerprint density at radius 2 is 2.00 bits per heavy atom. The molecule has 30 heavy (non-hydrogen) atoms. The van der Waals surface area contributed by atoms with Gasteiger partial charge in [-0.25, -0.2) is 13.4 Å². The zero-order chi connectivity index (χ0) is 21.4. The summed E-state index contributed by atoms with van der Waals surface area (Å²) in [5.41, 5.74) is 1.18. The summed E-state index contributed by atoms with van der Waals surface area (Å²) in [5.74, 6) is 1.15. The van der Waals surface area contributed by atoms with E-state index in [4.69, 9.17) is 4.74 Å². The molecule has 0 atom stereocenters. The lowest BCUT2D eigenvalue weighted by Crippen LogP contribution is -2.42. The number of nitrogens with one attached hydrogen (secondary N) is 1. The van der Waals surface area contributed by atoms with Crippen molar-refractivity contribution < 1.29 is 13.2 Å². The van der Waals surface area contributed by atoms with E-state index < -0.39 is 10.0 Å². The lowest BCUT2D eigenvalue weighted by molar-refractivity contribution is 0.0745. The van der Waals surface area contributed by atoms with E-state index in [0.29, 0.717) is 44.4 Å². The number of hydrogen-bond acceptors (Lipinski definition) is 7. The maximum absolute atomic E-state index is 12.7. The molecule has 3 heterocycles. The van der Waals surface area contributed by atoms with E-state index in [9.17, 15) is 8.42 Å². The summed E-state index contributed by atoms with van der Waals surface area (Å²) >= 11 is 0. The molecular formula is C20H30N6O3S. The van der Waals surface area contributed by atoms with Gasteiger partial charge in [-0.1, -0.05) is 13.3 Å². The number of rotatable bonds is 7. The Labute approximate surface area is 177 Å². The Morgan fingerprint density at radius 3 is 2.60 bits per heavy atom. The molecule has 1 saturated heterocycles. The van der Waals surface area contributed by atoms with Crippen LogP contribution in [0.4, 0.5) is 5.95 Å². The number of sulfonamides is 1. The summed E-state index contributed by atoms with van der Waals surface area (Å²) in [6.07, 6.45) is 9.73. The largest absolute Gasteiger partial charge is 0.477 e. The van der Waals surface area contributed by atoms with Crippen molar-refractivity contribution in [2.75, 3.05) is 25.0 Å². The van der Waals surface area contributed by atoms with Crippen molar-refractivity contribution in [1.29, 1.82) is 0 Å². The number of piperidine rings is 1. The average molecular weight is 435 g/mol. The van der Waals surface area contributed by atoms with Crippen molar-refractivity contribution in [3.63, 3.8) is 0 Å². The maximum atomic E-state index is 12.7. The fraction of sp³-hybridized carbons (Fsp3) is 0.650. The van der Waals surface area contributed by atoms with Crippen molar-refractivity contribution >= 4 is 16.0 Å². The van der Waals surface area contributed by atoms with Crippen LogP contribution in [0.3, 0.4) is 0 Å². The fourth-order valence-corrected chi connectivity index (χ4v) is 5.37. The highest BCUT2D eigenvalue weighted by atomic mass is 32.2. The van der Waals surface area contributed by atoms with E-state index in [0.717, 1.165) is 5.56 Å². The second-order valence-electron chi connectivity index (χ2n) is 8.81. The quantitative estimate of drug-likeness (QED) is 0.713. The van der Waals surface area contributed by atoms with Crippen molar-refractivity contribution in [1.82, 2.24) is 24.1 Å². The highest BCUT2D eigenvalue weighted by Crippen LogP contribution is 2.40. The first-order chi connectivity index (χ1) is 14.2. The monoisotopic (exact) mass is 434 g/mol. The molecule has 10 heteroatoms. The molecule has 0 radical (unpaired) electrons. The highest BCUT2D eigenvalue weighted by Gasteiger charge is 2.33. The number of hydrogen-bond donors (Lipinski definition) is 1. The minimum Gasteiger partial charge on any atom is -0.477 e. The number of anilines is 1. The Bertz CT molecular complexity index is 994. The van der Waals surface area contributed by atoms with Gasteiger partial charge in [0.25, 0.3) is 0 Å². The van der Waals surface area contributed by atoms with Gasteiger partial charge in [-0.3, -0.25) is 4.68 Å². The summed E-state index contributed by atoms with van der Waals surface area (Å²) in [5, 5.41) is 7.32. The molecule has 1 saturated carbocycles. The van der Waals surface area contributed by atoms with Gasteiger partial charge < -0.3 is 10.1 Å². The van der Waals surface area contributed by atoms with Crippen LogP contribution in [-0.4, -0.2) is 58.2 Å². The van der Waals surface area contributed by atoms with E-state index in [-0.39, 0.29) is 16.4 Å². The summed E-state index contributed by atoms with van der Waals surface area (Å²) < 4.78 is 34.5. The standard InChI is InChI=1S/C20H30N6O3S/c1-15-11-21-19(24-18(15)29-14-20(2)7-4-8-20)23-16-5-9-26(10-6-16)30(27,28)17-12-22-25(3)13-17/h11-13,16H,4-10,14H2,1-3H3,(H,21,23,24). The first-order valence-electron chi connectivity index (χ1n) is 10.5. The van der Waals surface area contributed by atoms with E-state index in [1.807, 2.05) is 6.92 Å². The molecule has 2 aromatic rings. The molecule has 0 amide bonds. The molecule has 0 aromatic carbocycles. The third kappa shape index (κ3) is 4.44. The first kappa shape index (κ1) is 21.0. The van der Waals surface area contributed by atoms with Crippen molar-refractivity contribution in [3.05, 3.63) is 24.2 Å². The molecule has 2 aliphatic rings. The molecular weight excluding hydrogens is 404 g/mol. The van der Waals surface area contributed by atoms with Crippen LogP contribution in [0, 0.1) is 12.3 Å². The van der Waals surface area contributed by atoms with Gasteiger partial charge in [-0.2, -0.15) is 14.4 Å². The van der Waals surface area contributed by atoms with Gasteiger partial charge in [-0.05, 0) is 32.6 Å². The summed E-state index contributed by atoms with van der Waals surface area (Å²) in [6, 6.07) is 0.116. The van der Waals surface area contributed by atoms with Gasteiger partial charge in [0.05, 0.1) is 12.8 Å². The van der Waals surface area contributed by atoms with Gasteiger partial charge in [0.1, 0.15) is 4.90 Å². The number of aryl methyl sites for hydroxylation is 2. The minimum absolute atomic E-state index is 0.116. The molecule has 1 aliphatic heterocycles. The number of ether oxygens (including phenoxy) is 1. The van der Waals surface area contributed by atoms with Gasteiger partial charge in [-0.15, -0.1) is 0 Å². The number of nitrogens with zero attached hydrogens (tertiary/aromatic N) is 5. The first-order valence-corrected chi connectivity index (χ1v) is 11.9. The average Bonchev–Trinajstić information content (AvgIpc) is 3.14. The van der Waals surface area contributed by atoms with Gasteiger partial charge in [0, 0.05) is 49.6 Å². The van der Waals surface area contributed by atoms with Crippen LogP contribution < -0.4 is 10.1 Å².